The van der Waals surface area contributed by atoms with Gasteiger partial charge in [-0.3, -0.25) is 4.79 Å². The van der Waals surface area contributed by atoms with Crippen LogP contribution in [0.3, 0.4) is 0 Å². The topological polar surface area (TPSA) is 47.6 Å². The van der Waals surface area contributed by atoms with Gasteiger partial charge in [0, 0.05) is 11.0 Å². The number of hydrogen-bond acceptors (Lipinski definition) is 4. The van der Waals surface area contributed by atoms with Crippen LogP contribution in [0.5, 0.6) is 11.5 Å². The number of ketones is 1. The summed E-state index contributed by atoms with van der Waals surface area (Å²) in [6.07, 6.45) is 0. The maximum absolute atomic E-state index is 12.6. The molecule has 1 unspecified atom stereocenters. The zero-order valence-electron chi connectivity index (χ0n) is 13.0. The molecule has 0 saturated carbocycles. The molecular formula is C11H18B5NO3. The monoisotopic (exact) mass is 267 g/mol. The van der Waals surface area contributed by atoms with Crippen LogP contribution in [-0.4, -0.2) is 61.9 Å². The number of Topliss-reactive ketones (excluding diaryl/α,β-unsaturated/α-hetero) is 1. The number of hydrogen-bond donors (Lipinski definition) is 1. The molecule has 0 bridgehead atoms. The third-order valence-corrected chi connectivity index (χ3v) is 3.13. The van der Waals surface area contributed by atoms with Crippen molar-refractivity contribution in [3.63, 3.8) is 0 Å². The molecule has 0 aromatic heterocycles. The van der Waals surface area contributed by atoms with Crippen LogP contribution in [0.1, 0.15) is 17.3 Å². The number of carbonyl (C=O) groups is 1. The highest BCUT2D eigenvalue weighted by Gasteiger charge is 2.33. The van der Waals surface area contributed by atoms with E-state index in [2.05, 4.69) is 5.32 Å². The van der Waals surface area contributed by atoms with E-state index in [9.17, 15) is 4.79 Å². The van der Waals surface area contributed by atoms with E-state index in [1.54, 1.807) is 18.2 Å². The van der Waals surface area contributed by atoms with Gasteiger partial charge in [0.2, 0.25) is 0 Å². The van der Waals surface area contributed by atoms with E-state index in [0.29, 0.717) is 17.1 Å². The first-order valence-electron chi connectivity index (χ1n) is 6.95. The smallest absolute Gasteiger partial charge is 0.197 e. The molecule has 1 aliphatic rings. The fourth-order valence-corrected chi connectivity index (χ4v) is 2.51. The summed E-state index contributed by atoms with van der Waals surface area (Å²) in [4.78, 5) is 12.6. The van der Waals surface area contributed by atoms with E-state index in [4.69, 9.17) is 9.47 Å². The SMILES string of the molecule is BC(B)NC(B)(C)C(=O)c1ccc2c(c1)OC(B)(B)O2. The Morgan fingerprint density at radius 2 is 1.90 bits per heavy atom. The Labute approximate surface area is 124 Å². The summed E-state index contributed by atoms with van der Waals surface area (Å²) in [5.74, 6) is 1.59. The summed E-state index contributed by atoms with van der Waals surface area (Å²) < 4.78 is 11.3. The largest absolute Gasteiger partial charge is 0.467 e. The molecule has 0 fully saturated rings. The zero-order valence-corrected chi connectivity index (χ0v) is 13.0. The van der Waals surface area contributed by atoms with Crippen LogP contribution in [0.25, 0.3) is 0 Å². The lowest BCUT2D eigenvalue weighted by molar-refractivity contribution is 0.0830. The van der Waals surface area contributed by atoms with Gasteiger partial charge in [0.25, 0.3) is 0 Å². The predicted octanol–water partition coefficient (Wildman–Crippen LogP) is -3.99. The van der Waals surface area contributed by atoms with Crippen LogP contribution < -0.4 is 14.8 Å². The van der Waals surface area contributed by atoms with Crippen LogP contribution in [0.4, 0.5) is 0 Å². The van der Waals surface area contributed by atoms with Crippen LogP contribution in [0.15, 0.2) is 18.2 Å². The number of benzene rings is 1. The third-order valence-electron chi connectivity index (χ3n) is 3.13. The summed E-state index contributed by atoms with van der Waals surface area (Å²) in [6.45, 7) is 1.89. The quantitative estimate of drug-likeness (QED) is 0.446. The first-order valence-corrected chi connectivity index (χ1v) is 6.95. The minimum Gasteiger partial charge on any atom is -0.467 e. The Morgan fingerprint density at radius 1 is 1.30 bits per heavy atom. The average Bonchev–Trinajstić information content (AvgIpc) is 2.58. The highest BCUT2D eigenvalue weighted by atomic mass is 16.7. The Balaban J connectivity index is 2.26. The normalized spacial score (nSPS) is 18.7. The number of ether oxygens (including phenoxy) is 2. The molecule has 0 radical (unpaired) electrons. The highest BCUT2D eigenvalue weighted by molar-refractivity contribution is 6.39. The third kappa shape index (κ3) is 3.09. The number of carbonyl (C=O) groups excluding carboxylic acids is 1. The van der Waals surface area contributed by atoms with Crippen LogP contribution in [0, 0.1) is 0 Å². The van der Waals surface area contributed by atoms with Crippen molar-refractivity contribution in [2.45, 2.75) is 23.8 Å². The second-order valence-electron chi connectivity index (χ2n) is 6.52. The molecular weight excluding hydrogens is 248 g/mol. The van der Waals surface area contributed by atoms with Gasteiger partial charge in [-0.25, -0.2) is 0 Å². The van der Waals surface area contributed by atoms with Crippen molar-refractivity contribution in [1.82, 2.24) is 5.32 Å². The molecule has 1 heterocycles. The van der Waals surface area contributed by atoms with Gasteiger partial charge in [0.15, 0.2) is 38.6 Å². The van der Waals surface area contributed by atoms with Gasteiger partial charge in [0.05, 0.1) is 0 Å². The van der Waals surface area contributed by atoms with Gasteiger partial charge in [0.1, 0.15) is 23.5 Å². The van der Waals surface area contributed by atoms with Gasteiger partial charge in [-0.05, 0) is 25.1 Å². The molecule has 0 aliphatic carbocycles. The lowest BCUT2D eigenvalue weighted by atomic mass is 9.69. The number of nitrogens with one attached hydrogen (secondary N) is 1. The molecule has 1 aromatic carbocycles. The standard InChI is InChI=1S/C11H18B5NO3/c1-10(14,17-9(12)13)8(18)5-2-3-6-7(4-5)20-11(15,16)19-6/h2-4,9,17H,12-16H2,1H3. The van der Waals surface area contributed by atoms with Gasteiger partial charge < -0.3 is 14.8 Å². The minimum atomic E-state index is -0.671. The fourth-order valence-electron chi connectivity index (χ4n) is 2.51. The van der Waals surface area contributed by atoms with E-state index in [-0.39, 0.29) is 11.6 Å². The zero-order chi connectivity index (χ0) is 15.1. The highest BCUT2D eigenvalue weighted by Crippen LogP contribution is 2.38. The Bertz CT molecular complexity index is 547. The second kappa shape index (κ2) is 4.95. The summed E-state index contributed by atoms with van der Waals surface area (Å²) in [5, 5.41) is 3.28. The van der Waals surface area contributed by atoms with Crippen LogP contribution in [-0.2, 0) is 0 Å². The molecule has 0 amide bonds. The van der Waals surface area contributed by atoms with E-state index < -0.39 is 11.0 Å². The molecule has 1 N–H and O–H groups in total. The van der Waals surface area contributed by atoms with Gasteiger partial charge in [-0.15, -0.1) is 0 Å². The lowest BCUT2D eigenvalue weighted by Crippen LogP contribution is -2.54. The van der Waals surface area contributed by atoms with Crippen molar-refractivity contribution < 1.29 is 14.3 Å². The van der Waals surface area contributed by atoms with Crippen molar-refractivity contribution in [1.29, 1.82) is 0 Å². The molecule has 1 aromatic rings. The van der Waals surface area contributed by atoms with Crippen LogP contribution in [0.2, 0.25) is 0 Å². The first kappa shape index (κ1) is 15.2. The van der Waals surface area contributed by atoms with E-state index in [1.165, 1.54) is 0 Å². The van der Waals surface area contributed by atoms with Crippen molar-refractivity contribution in [3.05, 3.63) is 23.8 Å². The summed E-state index contributed by atoms with van der Waals surface area (Å²) in [6, 6.07) is 5.34. The molecule has 1 atom stereocenters. The number of rotatable bonds is 4. The molecule has 2 rings (SSSR count). The first-order chi connectivity index (χ1) is 9.11. The summed E-state index contributed by atoms with van der Waals surface area (Å²) in [5.41, 5.74) is -0.657. The maximum Gasteiger partial charge on any atom is 0.197 e. The molecule has 4 nitrogen and oxygen atoms in total. The van der Waals surface area contributed by atoms with E-state index >= 15 is 0 Å². The van der Waals surface area contributed by atoms with Crippen molar-refractivity contribution in [2.24, 2.45) is 0 Å². The van der Waals surface area contributed by atoms with Gasteiger partial charge in [-0.1, -0.05) is 5.84 Å². The minimum absolute atomic E-state index is 0.0438. The van der Waals surface area contributed by atoms with Crippen LogP contribution >= 0.6 is 0 Å². The van der Waals surface area contributed by atoms with Crippen molar-refractivity contribution >= 4 is 45.0 Å². The van der Waals surface area contributed by atoms with Crippen molar-refractivity contribution in [3.8, 4) is 11.5 Å². The molecule has 9 heteroatoms. The number of fused-ring (bicyclic) bond motifs is 1. The Hall–Kier alpha value is -1.23. The molecule has 100 valence electrons. The van der Waals surface area contributed by atoms with Gasteiger partial charge in [-0.2, -0.15) is 0 Å². The average molecular weight is 266 g/mol. The molecule has 0 saturated heterocycles. The Kier molecular flexibility index (Phi) is 3.76. The summed E-state index contributed by atoms with van der Waals surface area (Å²) >= 11 is 0. The van der Waals surface area contributed by atoms with E-state index in [1.807, 2.05) is 46.2 Å². The van der Waals surface area contributed by atoms with Gasteiger partial charge >= 0.3 is 0 Å². The second-order valence-corrected chi connectivity index (χ2v) is 6.52. The lowest BCUT2D eigenvalue weighted by Gasteiger charge is -2.28. The molecule has 0 spiro atoms. The van der Waals surface area contributed by atoms with Crippen molar-refractivity contribution in [2.75, 3.05) is 0 Å². The predicted molar refractivity (Wildman–Crippen MR) is 92.8 cm³/mol. The summed E-state index contributed by atoms with van der Waals surface area (Å²) in [7, 11) is 9.63. The fraction of sp³-hybridized carbons (Fsp3) is 0.364. The maximum atomic E-state index is 12.6. The molecule has 1 aliphatic heterocycles. The molecule has 20 heavy (non-hydrogen) atoms. The Morgan fingerprint density at radius 3 is 2.50 bits per heavy atom. The van der Waals surface area contributed by atoms with E-state index in [0.717, 1.165) is 0 Å².